The molecule has 1 rings (SSSR count). The number of unbranched alkanes of at least 4 members (excludes halogenated alkanes) is 13. The molecule has 1 aliphatic rings. The van der Waals surface area contributed by atoms with Gasteiger partial charge in [-0.1, -0.05) is 130 Å². The van der Waals surface area contributed by atoms with Crippen molar-refractivity contribution >= 4 is 12.3 Å². The van der Waals surface area contributed by atoms with E-state index >= 15 is 0 Å². The largest absolute Gasteiger partial charge is 0.465 e. The third-order valence-corrected chi connectivity index (χ3v) is 9.75. The smallest absolute Gasteiger partial charge is 0.305 e. The number of rotatable bonds is 29. The summed E-state index contributed by atoms with van der Waals surface area (Å²) < 4.78 is 5.65. The van der Waals surface area contributed by atoms with Gasteiger partial charge in [0.05, 0.1) is 6.61 Å². The molecule has 4 nitrogen and oxygen atoms in total. The number of nitrogens with zero attached hydrogens (tertiary/aromatic N) is 1. The SMILES string of the molecule is CC(C)CCC(COC(=O)CCCCCCCCCC(CCCCCCCCCC=O)CCN1CCCCC1)C(C)C. The van der Waals surface area contributed by atoms with Crippen molar-refractivity contribution in [3.8, 4) is 0 Å². The van der Waals surface area contributed by atoms with Crippen LogP contribution >= 0.6 is 0 Å². The number of hydrogen-bond donors (Lipinski definition) is 0. The molecule has 0 amide bonds. The summed E-state index contributed by atoms with van der Waals surface area (Å²) in [5.41, 5.74) is 0. The topological polar surface area (TPSA) is 46.6 Å². The van der Waals surface area contributed by atoms with Crippen LogP contribution in [0.1, 0.15) is 182 Å². The molecule has 0 bridgehead atoms. The number of piperidine rings is 1. The van der Waals surface area contributed by atoms with Gasteiger partial charge in [-0.05, 0) is 81.8 Å². The van der Waals surface area contributed by atoms with E-state index in [0.717, 1.165) is 44.3 Å². The zero-order chi connectivity index (χ0) is 30.7. The van der Waals surface area contributed by atoms with E-state index in [1.54, 1.807) is 0 Å². The lowest BCUT2D eigenvalue weighted by atomic mass is 9.89. The van der Waals surface area contributed by atoms with Crippen LogP contribution in [0.25, 0.3) is 0 Å². The molecule has 1 saturated heterocycles. The molecular formula is C38H73NO3. The predicted octanol–water partition coefficient (Wildman–Crippen LogP) is 11.0. The van der Waals surface area contributed by atoms with Crippen LogP contribution in [0.15, 0.2) is 0 Å². The third kappa shape index (κ3) is 23.5. The van der Waals surface area contributed by atoms with E-state index < -0.39 is 0 Å². The highest BCUT2D eigenvalue weighted by Crippen LogP contribution is 2.24. The number of likely N-dealkylation sites (tertiary alicyclic amines) is 1. The molecule has 4 heteroatoms. The second-order valence-electron chi connectivity index (χ2n) is 14.4. The van der Waals surface area contributed by atoms with Crippen LogP contribution in [-0.2, 0) is 14.3 Å². The molecule has 42 heavy (non-hydrogen) atoms. The highest BCUT2D eigenvalue weighted by atomic mass is 16.5. The molecule has 0 aliphatic carbocycles. The van der Waals surface area contributed by atoms with Gasteiger partial charge >= 0.3 is 5.97 Å². The van der Waals surface area contributed by atoms with E-state index in [4.69, 9.17) is 4.74 Å². The first-order valence-electron chi connectivity index (χ1n) is 18.7. The van der Waals surface area contributed by atoms with Gasteiger partial charge in [0.25, 0.3) is 0 Å². The summed E-state index contributed by atoms with van der Waals surface area (Å²) in [6.45, 7) is 13.6. The molecular weight excluding hydrogens is 518 g/mol. The van der Waals surface area contributed by atoms with E-state index in [1.807, 2.05) is 0 Å². The Labute approximate surface area is 262 Å². The molecule has 2 unspecified atom stereocenters. The van der Waals surface area contributed by atoms with Crippen molar-refractivity contribution < 1.29 is 14.3 Å². The Hall–Kier alpha value is -0.900. The molecule has 0 spiro atoms. The number of aldehydes is 1. The molecule has 0 saturated carbocycles. The Morgan fingerprint density at radius 2 is 1.21 bits per heavy atom. The highest BCUT2D eigenvalue weighted by molar-refractivity contribution is 5.69. The quantitative estimate of drug-likeness (QED) is 0.0493. The first-order valence-corrected chi connectivity index (χ1v) is 18.7. The Bertz CT molecular complexity index is 613. The summed E-state index contributed by atoms with van der Waals surface area (Å²) in [7, 11) is 0. The van der Waals surface area contributed by atoms with Gasteiger partial charge in [-0.15, -0.1) is 0 Å². The van der Waals surface area contributed by atoms with Crippen molar-refractivity contribution in [2.75, 3.05) is 26.2 Å². The van der Waals surface area contributed by atoms with Gasteiger partial charge in [0.1, 0.15) is 6.29 Å². The number of hydrogen-bond acceptors (Lipinski definition) is 4. The van der Waals surface area contributed by atoms with Crippen molar-refractivity contribution in [1.82, 2.24) is 4.90 Å². The molecule has 248 valence electrons. The number of ether oxygens (including phenoxy) is 1. The first-order chi connectivity index (χ1) is 20.4. The molecule has 0 N–H and O–H groups in total. The molecule has 2 atom stereocenters. The molecule has 1 aliphatic heterocycles. The van der Waals surface area contributed by atoms with Gasteiger partial charge in [0, 0.05) is 12.8 Å². The minimum Gasteiger partial charge on any atom is -0.465 e. The van der Waals surface area contributed by atoms with E-state index in [-0.39, 0.29) is 5.97 Å². The van der Waals surface area contributed by atoms with Gasteiger partial charge in [-0.3, -0.25) is 4.79 Å². The van der Waals surface area contributed by atoms with Gasteiger partial charge in [0.15, 0.2) is 0 Å². The fourth-order valence-electron chi connectivity index (χ4n) is 6.54. The van der Waals surface area contributed by atoms with E-state index in [2.05, 4.69) is 32.6 Å². The van der Waals surface area contributed by atoms with Crippen LogP contribution in [0.3, 0.4) is 0 Å². The summed E-state index contributed by atoms with van der Waals surface area (Å²) in [6.07, 6.45) is 31.1. The first kappa shape index (κ1) is 39.1. The molecule has 0 aromatic heterocycles. The molecule has 0 aromatic carbocycles. The number of carbonyl (C=O) groups is 2. The lowest BCUT2D eigenvalue weighted by molar-refractivity contribution is -0.145. The zero-order valence-electron chi connectivity index (χ0n) is 28.9. The lowest BCUT2D eigenvalue weighted by Gasteiger charge is -2.28. The van der Waals surface area contributed by atoms with Gasteiger partial charge < -0.3 is 14.4 Å². The normalized spacial score (nSPS) is 15.8. The number of carbonyl (C=O) groups excluding carboxylic acids is 2. The van der Waals surface area contributed by atoms with Crippen molar-refractivity contribution in [2.24, 2.45) is 23.7 Å². The maximum Gasteiger partial charge on any atom is 0.305 e. The summed E-state index contributed by atoms with van der Waals surface area (Å²) >= 11 is 0. The van der Waals surface area contributed by atoms with Crippen LogP contribution in [0, 0.1) is 23.7 Å². The van der Waals surface area contributed by atoms with Gasteiger partial charge in [-0.2, -0.15) is 0 Å². The van der Waals surface area contributed by atoms with Crippen LogP contribution in [0.4, 0.5) is 0 Å². The van der Waals surface area contributed by atoms with E-state index in [0.29, 0.717) is 30.8 Å². The lowest BCUT2D eigenvalue weighted by Crippen LogP contribution is -2.31. The minimum atomic E-state index is 0.00962. The maximum absolute atomic E-state index is 12.2. The standard InChI is InChI=1S/C38H73NO3/c1-34(2)26-27-37(35(3)4)33-42-38(41)25-19-14-10-7-9-13-18-24-36(28-31-39-29-20-16-21-30-39)23-17-12-8-5-6-11-15-22-32-40/h32,34-37H,5-31,33H2,1-4H3. The Morgan fingerprint density at radius 3 is 1.76 bits per heavy atom. The van der Waals surface area contributed by atoms with Crippen LogP contribution in [0.5, 0.6) is 0 Å². The Kier molecular flexibility index (Phi) is 25.7. The average molecular weight is 592 g/mol. The van der Waals surface area contributed by atoms with Gasteiger partial charge in [0.2, 0.25) is 0 Å². The van der Waals surface area contributed by atoms with Crippen molar-refractivity contribution in [3.05, 3.63) is 0 Å². The molecule has 0 aromatic rings. The Balaban J connectivity index is 2.12. The second kappa shape index (κ2) is 27.6. The monoisotopic (exact) mass is 592 g/mol. The summed E-state index contributed by atoms with van der Waals surface area (Å²) in [4.78, 5) is 25.4. The fourth-order valence-corrected chi connectivity index (χ4v) is 6.54. The summed E-state index contributed by atoms with van der Waals surface area (Å²) in [5.74, 6) is 2.70. The van der Waals surface area contributed by atoms with Crippen molar-refractivity contribution in [2.45, 2.75) is 182 Å². The molecule has 0 radical (unpaired) electrons. The zero-order valence-corrected chi connectivity index (χ0v) is 28.9. The van der Waals surface area contributed by atoms with Crippen molar-refractivity contribution in [3.63, 3.8) is 0 Å². The second-order valence-corrected chi connectivity index (χ2v) is 14.4. The maximum atomic E-state index is 12.2. The van der Waals surface area contributed by atoms with E-state index in [1.165, 1.54) is 135 Å². The van der Waals surface area contributed by atoms with Crippen LogP contribution in [0.2, 0.25) is 0 Å². The number of esters is 1. The molecule has 1 heterocycles. The average Bonchev–Trinajstić information content (AvgIpc) is 2.97. The molecule has 1 fully saturated rings. The summed E-state index contributed by atoms with van der Waals surface area (Å²) in [5, 5.41) is 0. The van der Waals surface area contributed by atoms with Crippen LogP contribution < -0.4 is 0 Å². The van der Waals surface area contributed by atoms with Gasteiger partial charge in [-0.25, -0.2) is 0 Å². The summed E-state index contributed by atoms with van der Waals surface area (Å²) in [6, 6.07) is 0. The third-order valence-electron chi connectivity index (χ3n) is 9.75. The van der Waals surface area contributed by atoms with Crippen LogP contribution in [-0.4, -0.2) is 43.4 Å². The fraction of sp³-hybridized carbons (Fsp3) is 0.947. The highest BCUT2D eigenvalue weighted by Gasteiger charge is 2.17. The van der Waals surface area contributed by atoms with E-state index in [9.17, 15) is 9.59 Å². The minimum absolute atomic E-state index is 0.00962. The Morgan fingerprint density at radius 1 is 0.667 bits per heavy atom. The van der Waals surface area contributed by atoms with Crippen molar-refractivity contribution in [1.29, 1.82) is 0 Å². The predicted molar refractivity (Wildman–Crippen MR) is 181 cm³/mol.